The van der Waals surface area contributed by atoms with Gasteiger partial charge in [-0.1, -0.05) is 12.1 Å². The summed E-state index contributed by atoms with van der Waals surface area (Å²) in [6.45, 7) is 2.18. The predicted octanol–water partition coefficient (Wildman–Crippen LogP) is 3.19. The Morgan fingerprint density at radius 3 is 2.42 bits per heavy atom. The van der Waals surface area contributed by atoms with Gasteiger partial charge < -0.3 is 10.1 Å². The van der Waals surface area contributed by atoms with Gasteiger partial charge in [0.1, 0.15) is 5.75 Å². The first kappa shape index (κ1) is 19.8. The standard InChI is InChI=1S/C19H24N2O4S/c1-15-6-4-7-16(14-15)20-19(22)8-5-13-21(26(3,23)24)17-9-11-18(25-2)12-10-17/h4,6-7,9-12,14H,5,8,13H2,1-3H3,(H,20,22). The average Bonchev–Trinajstić information content (AvgIpc) is 2.58. The fourth-order valence-electron chi connectivity index (χ4n) is 2.56. The minimum absolute atomic E-state index is 0.140. The molecule has 6 nitrogen and oxygen atoms in total. The second-order valence-electron chi connectivity index (χ2n) is 6.05. The normalized spacial score (nSPS) is 11.0. The first-order chi connectivity index (χ1) is 12.3. The SMILES string of the molecule is COc1ccc(N(CCCC(=O)Nc2cccc(C)c2)S(C)(=O)=O)cc1. The van der Waals surface area contributed by atoms with Gasteiger partial charge in [-0.15, -0.1) is 0 Å². The van der Waals surface area contributed by atoms with Gasteiger partial charge in [0, 0.05) is 18.7 Å². The minimum atomic E-state index is -3.44. The Morgan fingerprint density at radius 1 is 1.15 bits per heavy atom. The van der Waals surface area contributed by atoms with Crippen molar-refractivity contribution in [3.05, 3.63) is 54.1 Å². The molecule has 1 N–H and O–H groups in total. The maximum Gasteiger partial charge on any atom is 0.232 e. The van der Waals surface area contributed by atoms with E-state index in [4.69, 9.17) is 4.74 Å². The van der Waals surface area contributed by atoms with Crippen LogP contribution in [-0.4, -0.2) is 34.2 Å². The number of hydrogen-bond donors (Lipinski definition) is 1. The zero-order valence-electron chi connectivity index (χ0n) is 15.2. The van der Waals surface area contributed by atoms with E-state index in [2.05, 4.69) is 5.32 Å². The molecular formula is C19H24N2O4S. The maximum atomic E-state index is 12.1. The third kappa shape index (κ3) is 5.77. The third-order valence-corrected chi connectivity index (χ3v) is 5.02. The van der Waals surface area contributed by atoms with E-state index in [0.29, 0.717) is 17.9 Å². The molecule has 0 aliphatic carbocycles. The van der Waals surface area contributed by atoms with Crippen molar-refractivity contribution in [2.24, 2.45) is 0 Å². The molecule has 7 heteroatoms. The van der Waals surface area contributed by atoms with Crippen LogP contribution < -0.4 is 14.4 Å². The van der Waals surface area contributed by atoms with E-state index in [0.717, 1.165) is 17.5 Å². The Kier molecular flexibility index (Phi) is 6.63. The molecule has 0 heterocycles. The molecule has 0 unspecified atom stereocenters. The number of aryl methyl sites for hydroxylation is 1. The molecule has 2 rings (SSSR count). The lowest BCUT2D eigenvalue weighted by Crippen LogP contribution is -2.31. The zero-order valence-corrected chi connectivity index (χ0v) is 16.0. The van der Waals surface area contributed by atoms with Crippen LogP contribution in [0.4, 0.5) is 11.4 Å². The van der Waals surface area contributed by atoms with E-state index in [9.17, 15) is 13.2 Å². The lowest BCUT2D eigenvalue weighted by atomic mass is 10.2. The second kappa shape index (κ2) is 8.71. The summed E-state index contributed by atoms with van der Waals surface area (Å²) < 4.78 is 30.6. The highest BCUT2D eigenvalue weighted by Crippen LogP contribution is 2.22. The molecule has 0 fully saturated rings. The number of ether oxygens (including phenoxy) is 1. The van der Waals surface area contributed by atoms with Gasteiger partial charge in [-0.3, -0.25) is 9.10 Å². The molecule has 0 aliphatic rings. The molecular weight excluding hydrogens is 352 g/mol. The summed E-state index contributed by atoms with van der Waals surface area (Å²) in [5.41, 5.74) is 2.35. The van der Waals surface area contributed by atoms with Crippen LogP contribution in [0.15, 0.2) is 48.5 Å². The number of amides is 1. The van der Waals surface area contributed by atoms with Crippen LogP contribution in [0, 0.1) is 6.92 Å². The molecule has 140 valence electrons. The van der Waals surface area contributed by atoms with Gasteiger partial charge in [-0.25, -0.2) is 8.42 Å². The number of nitrogens with zero attached hydrogens (tertiary/aromatic N) is 1. The largest absolute Gasteiger partial charge is 0.497 e. The Labute approximate surface area is 154 Å². The quantitative estimate of drug-likeness (QED) is 0.768. The van der Waals surface area contributed by atoms with Gasteiger partial charge >= 0.3 is 0 Å². The van der Waals surface area contributed by atoms with Crippen LogP contribution in [0.25, 0.3) is 0 Å². The molecule has 2 aromatic rings. The lowest BCUT2D eigenvalue weighted by molar-refractivity contribution is -0.116. The first-order valence-corrected chi connectivity index (χ1v) is 10.1. The summed E-state index contributed by atoms with van der Waals surface area (Å²) >= 11 is 0. The Bertz CT molecular complexity index is 848. The minimum Gasteiger partial charge on any atom is -0.497 e. The fraction of sp³-hybridized carbons (Fsp3) is 0.316. The summed E-state index contributed by atoms with van der Waals surface area (Å²) in [5.74, 6) is 0.513. The predicted molar refractivity (Wildman–Crippen MR) is 104 cm³/mol. The van der Waals surface area contributed by atoms with Crippen molar-refractivity contribution < 1.29 is 17.9 Å². The molecule has 0 spiro atoms. The zero-order chi connectivity index (χ0) is 19.2. The van der Waals surface area contributed by atoms with Crippen LogP contribution in [0.1, 0.15) is 18.4 Å². The Morgan fingerprint density at radius 2 is 1.85 bits per heavy atom. The molecule has 0 atom stereocenters. The third-order valence-electron chi connectivity index (χ3n) is 3.83. The van der Waals surface area contributed by atoms with Crippen LogP contribution in [0.3, 0.4) is 0 Å². The average molecular weight is 376 g/mol. The van der Waals surface area contributed by atoms with Crippen molar-refractivity contribution in [3.8, 4) is 5.75 Å². The number of carbonyl (C=O) groups is 1. The molecule has 0 radical (unpaired) electrons. The summed E-state index contributed by atoms with van der Waals surface area (Å²) in [6, 6.07) is 14.3. The molecule has 0 saturated carbocycles. The van der Waals surface area contributed by atoms with Crippen molar-refractivity contribution in [2.75, 3.05) is 29.5 Å². The summed E-state index contributed by atoms with van der Waals surface area (Å²) in [5, 5.41) is 2.83. The van der Waals surface area contributed by atoms with Crippen molar-refractivity contribution in [1.29, 1.82) is 0 Å². The van der Waals surface area contributed by atoms with E-state index >= 15 is 0 Å². The van der Waals surface area contributed by atoms with Crippen LogP contribution >= 0.6 is 0 Å². The summed E-state index contributed by atoms with van der Waals surface area (Å²) in [6.07, 6.45) is 1.80. The fourth-order valence-corrected chi connectivity index (χ4v) is 3.53. The Balaban J connectivity index is 1.96. The number of rotatable bonds is 8. The van der Waals surface area contributed by atoms with E-state index < -0.39 is 10.0 Å². The van der Waals surface area contributed by atoms with Crippen molar-refractivity contribution >= 4 is 27.3 Å². The molecule has 0 bridgehead atoms. The van der Waals surface area contributed by atoms with Crippen LogP contribution in [0.5, 0.6) is 5.75 Å². The monoisotopic (exact) mass is 376 g/mol. The maximum absolute atomic E-state index is 12.1. The molecule has 1 amide bonds. The van der Waals surface area contributed by atoms with E-state index in [1.807, 2.05) is 31.2 Å². The smallest absolute Gasteiger partial charge is 0.232 e. The molecule has 2 aromatic carbocycles. The van der Waals surface area contributed by atoms with Gasteiger partial charge in [0.2, 0.25) is 15.9 Å². The first-order valence-electron chi connectivity index (χ1n) is 8.28. The highest BCUT2D eigenvalue weighted by Gasteiger charge is 2.17. The van der Waals surface area contributed by atoms with E-state index in [1.165, 1.54) is 4.31 Å². The molecule has 0 saturated heterocycles. The number of hydrogen-bond acceptors (Lipinski definition) is 4. The number of methoxy groups -OCH3 is 1. The lowest BCUT2D eigenvalue weighted by Gasteiger charge is -2.22. The van der Waals surface area contributed by atoms with Gasteiger partial charge in [-0.2, -0.15) is 0 Å². The van der Waals surface area contributed by atoms with Crippen molar-refractivity contribution in [1.82, 2.24) is 0 Å². The van der Waals surface area contributed by atoms with Crippen molar-refractivity contribution in [3.63, 3.8) is 0 Å². The second-order valence-corrected chi connectivity index (χ2v) is 7.96. The molecule has 26 heavy (non-hydrogen) atoms. The van der Waals surface area contributed by atoms with Gasteiger partial charge in [0.05, 0.1) is 19.1 Å². The number of anilines is 2. The van der Waals surface area contributed by atoms with E-state index in [-0.39, 0.29) is 18.9 Å². The van der Waals surface area contributed by atoms with Crippen LogP contribution in [-0.2, 0) is 14.8 Å². The number of nitrogens with one attached hydrogen (secondary N) is 1. The topological polar surface area (TPSA) is 75.7 Å². The number of carbonyl (C=O) groups excluding carboxylic acids is 1. The molecule has 0 aliphatic heterocycles. The van der Waals surface area contributed by atoms with E-state index in [1.54, 1.807) is 31.4 Å². The van der Waals surface area contributed by atoms with Crippen molar-refractivity contribution in [2.45, 2.75) is 19.8 Å². The highest BCUT2D eigenvalue weighted by atomic mass is 32.2. The van der Waals surface area contributed by atoms with Crippen LogP contribution in [0.2, 0.25) is 0 Å². The molecule has 0 aromatic heterocycles. The summed E-state index contributed by atoms with van der Waals surface area (Å²) in [4.78, 5) is 12.1. The number of benzene rings is 2. The van der Waals surface area contributed by atoms with Gasteiger partial charge in [-0.05, 0) is 55.3 Å². The number of sulfonamides is 1. The summed E-state index contributed by atoms with van der Waals surface area (Å²) in [7, 11) is -1.89. The van der Waals surface area contributed by atoms with Gasteiger partial charge in [0.15, 0.2) is 0 Å². The highest BCUT2D eigenvalue weighted by molar-refractivity contribution is 7.92. The Hall–Kier alpha value is -2.54. The van der Waals surface area contributed by atoms with Gasteiger partial charge in [0.25, 0.3) is 0 Å².